The number of aliphatic hydroxyl groups excluding tert-OH is 1. The van der Waals surface area contributed by atoms with Crippen LogP contribution in [0.25, 0.3) is 0 Å². The highest BCUT2D eigenvalue weighted by Crippen LogP contribution is 2.23. The number of benzene rings is 2. The Morgan fingerprint density at radius 2 is 1.47 bits per heavy atom. The highest BCUT2D eigenvalue weighted by atomic mass is 19.3. The molecule has 0 bridgehead atoms. The average Bonchev–Trinajstić information content (AvgIpc) is 2.41. The minimum atomic E-state index is -2.53. The van der Waals surface area contributed by atoms with Crippen LogP contribution in [0.1, 0.15) is 29.2 Å². The Labute approximate surface area is 109 Å². The van der Waals surface area contributed by atoms with Crippen LogP contribution >= 0.6 is 0 Å². The molecule has 4 heteroatoms. The van der Waals surface area contributed by atoms with E-state index in [2.05, 4.69) is 0 Å². The summed E-state index contributed by atoms with van der Waals surface area (Å²) in [5, 5.41) is 9.97. The molecule has 0 saturated heterocycles. The molecule has 2 rings (SSSR count). The van der Waals surface area contributed by atoms with Crippen molar-refractivity contribution in [2.24, 2.45) is 0 Å². The largest absolute Gasteiger partial charge is 0.388 e. The van der Waals surface area contributed by atoms with Crippen molar-refractivity contribution in [3.63, 3.8) is 0 Å². The van der Waals surface area contributed by atoms with Gasteiger partial charge in [-0.2, -0.15) is 0 Å². The molecule has 0 aliphatic heterocycles. The van der Waals surface area contributed by atoms with E-state index in [1.807, 2.05) is 0 Å². The molecule has 0 fully saturated rings. The number of hydrogen-bond donors (Lipinski definition) is 1. The zero-order valence-corrected chi connectivity index (χ0v) is 10.1. The third kappa shape index (κ3) is 3.35. The van der Waals surface area contributed by atoms with Crippen LogP contribution in [0, 0.1) is 5.82 Å². The van der Waals surface area contributed by atoms with E-state index in [1.165, 1.54) is 30.3 Å². The van der Waals surface area contributed by atoms with Gasteiger partial charge in [0.1, 0.15) is 5.82 Å². The maximum atomic E-state index is 13.4. The molecule has 100 valence electrons. The van der Waals surface area contributed by atoms with Crippen LogP contribution in [0.15, 0.2) is 48.5 Å². The van der Waals surface area contributed by atoms with E-state index in [4.69, 9.17) is 0 Å². The Kier molecular flexibility index (Phi) is 4.22. The smallest absolute Gasteiger partial charge is 0.263 e. The molecule has 1 N–H and O–H groups in total. The van der Waals surface area contributed by atoms with Gasteiger partial charge in [0.15, 0.2) is 0 Å². The van der Waals surface area contributed by atoms with Gasteiger partial charge in [0.25, 0.3) is 6.43 Å². The summed E-state index contributed by atoms with van der Waals surface area (Å²) in [6, 6.07) is 11.6. The molecule has 0 spiro atoms. The lowest BCUT2D eigenvalue weighted by Crippen LogP contribution is -2.03. The van der Waals surface area contributed by atoms with Crippen LogP contribution in [-0.4, -0.2) is 5.11 Å². The Morgan fingerprint density at radius 1 is 0.895 bits per heavy atom. The van der Waals surface area contributed by atoms with Crippen molar-refractivity contribution in [3.05, 3.63) is 71.0 Å². The van der Waals surface area contributed by atoms with Gasteiger partial charge in [-0.1, -0.05) is 42.5 Å². The highest BCUT2D eigenvalue weighted by Gasteiger charge is 2.13. The monoisotopic (exact) mass is 266 g/mol. The minimum absolute atomic E-state index is 0.0955. The molecule has 0 radical (unpaired) electrons. The normalized spacial score (nSPS) is 12.7. The molecule has 2 aromatic rings. The van der Waals surface area contributed by atoms with Gasteiger partial charge < -0.3 is 5.11 Å². The Morgan fingerprint density at radius 3 is 2.05 bits per heavy atom. The summed E-state index contributed by atoms with van der Waals surface area (Å²) in [5.74, 6) is -0.384. The predicted octanol–water partition coefficient (Wildman–Crippen LogP) is 4.04. The van der Waals surface area contributed by atoms with Crippen LogP contribution < -0.4 is 0 Å². The number of rotatable bonds is 4. The van der Waals surface area contributed by atoms with Gasteiger partial charge in [0, 0.05) is 12.0 Å². The van der Waals surface area contributed by atoms with E-state index in [-0.39, 0.29) is 17.8 Å². The van der Waals surface area contributed by atoms with Crippen molar-refractivity contribution in [2.45, 2.75) is 19.0 Å². The van der Waals surface area contributed by atoms with Crippen molar-refractivity contribution in [1.29, 1.82) is 0 Å². The zero-order chi connectivity index (χ0) is 13.8. The van der Waals surface area contributed by atoms with Crippen molar-refractivity contribution < 1.29 is 18.3 Å². The van der Waals surface area contributed by atoms with Gasteiger partial charge in [-0.05, 0) is 17.2 Å². The van der Waals surface area contributed by atoms with Crippen LogP contribution in [0.5, 0.6) is 0 Å². The molecular weight excluding hydrogens is 253 g/mol. The van der Waals surface area contributed by atoms with Gasteiger partial charge >= 0.3 is 0 Å². The number of alkyl halides is 2. The van der Waals surface area contributed by atoms with Crippen LogP contribution in [0.3, 0.4) is 0 Å². The lowest BCUT2D eigenvalue weighted by Gasteiger charge is -2.12. The topological polar surface area (TPSA) is 20.2 Å². The summed E-state index contributed by atoms with van der Waals surface area (Å²) >= 11 is 0. The summed E-state index contributed by atoms with van der Waals surface area (Å²) in [7, 11) is 0. The van der Waals surface area contributed by atoms with Crippen molar-refractivity contribution >= 4 is 0 Å². The number of halogens is 3. The first-order valence-electron chi connectivity index (χ1n) is 5.87. The van der Waals surface area contributed by atoms with E-state index >= 15 is 0 Å². The molecule has 0 aliphatic rings. The first-order chi connectivity index (χ1) is 9.08. The first kappa shape index (κ1) is 13.6. The molecule has 0 saturated carbocycles. The quantitative estimate of drug-likeness (QED) is 0.885. The van der Waals surface area contributed by atoms with Crippen LogP contribution in [0.2, 0.25) is 0 Å². The SMILES string of the molecule is OC(Cc1ccccc1F)c1ccc(C(F)F)cc1. The molecule has 0 aromatic heterocycles. The van der Waals surface area contributed by atoms with Crippen molar-refractivity contribution in [1.82, 2.24) is 0 Å². The lowest BCUT2D eigenvalue weighted by molar-refractivity contribution is 0.151. The Bertz CT molecular complexity index is 537. The van der Waals surface area contributed by atoms with E-state index in [0.717, 1.165) is 0 Å². The number of hydrogen-bond acceptors (Lipinski definition) is 1. The summed E-state index contributed by atoms with van der Waals surface area (Å²) in [6.45, 7) is 0. The molecule has 1 atom stereocenters. The maximum Gasteiger partial charge on any atom is 0.263 e. The summed E-state index contributed by atoms with van der Waals surface area (Å²) in [4.78, 5) is 0. The van der Waals surface area contributed by atoms with Crippen LogP contribution in [-0.2, 0) is 6.42 Å². The average molecular weight is 266 g/mol. The van der Waals surface area contributed by atoms with Gasteiger partial charge in [-0.15, -0.1) is 0 Å². The second-order valence-electron chi connectivity index (χ2n) is 4.28. The Hall–Kier alpha value is -1.81. The molecule has 1 unspecified atom stereocenters. The van der Waals surface area contributed by atoms with Crippen molar-refractivity contribution in [3.8, 4) is 0 Å². The molecule has 2 aromatic carbocycles. The third-order valence-electron chi connectivity index (χ3n) is 2.94. The standard InChI is InChI=1S/C15H13F3O/c16-13-4-2-1-3-12(13)9-14(19)10-5-7-11(8-6-10)15(17)18/h1-8,14-15,19H,9H2. The fourth-order valence-electron chi connectivity index (χ4n) is 1.85. The van der Waals surface area contributed by atoms with Crippen molar-refractivity contribution in [2.75, 3.05) is 0 Å². The molecule has 1 nitrogen and oxygen atoms in total. The van der Waals surface area contributed by atoms with E-state index < -0.39 is 12.5 Å². The molecule has 0 amide bonds. The van der Waals surface area contributed by atoms with Gasteiger partial charge in [-0.25, -0.2) is 13.2 Å². The summed E-state index contributed by atoms with van der Waals surface area (Å²) < 4.78 is 38.2. The van der Waals surface area contributed by atoms with E-state index in [1.54, 1.807) is 18.2 Å². The molecular formula is C15H13F3O. The maximum absolute atomic E-state index is 13.4. The second kappa shape index (κ2) is 5.89. The molecule has 0 heterocycles. The zero-order valence-electron chi connectivity index (χ0n) is 10.1. The fraction of sp³-hybridized carbons (Fsp3) is 0.200. The first-order valence-corrected chi connectivity index (χ1v) is 5.87. The number of aliphatic hydroxyl groups is 1. The van der Waals surface area contributed by atoms with Crippen LogP contribution in [0.4, 0.5) is 13.2 Å². The minimum Gasteiger partial charge on any atom is -0.388 e. The highest BCUT2D eigenvalue weighted by molar-refractivity contribution is 5.27. The van der Waals surface area contributed by atoms with E-state index in [0.29, 0.717) is 11.1 Å². The van der Waals surface area contributed by atoms with Gasteiger partial charge in [-0.3, -0.25) is 0 Å². The predicted molar refractivity (Wildman–Crippen MR) is 66.5 cm³/mol. The summed E-state index contributed by atoms with van der Waals surface area (Å²) in [5.41, 5.74) is 0.794. The van der Waals surface area contributed by atoms with Gasteiger partial charge in [0.2, 0.25) is 0 Å². The lowest BCUT2D eigenvalue weighted by atomic mass is 10.00. The van der Waals surface area contributed by atoms with Gasteiger partial charge in [0.05, 0.1) is 6.10 Å². The summed E-state index contributed by atoms with van der Waals surface area (Å²) in [6.07, 6.45) is -3.33. The molecule has 19 heavy (non-hydrogen) atoms. The molecule has 0 aliphatic carbocycles. The fourth-order valence-corrected chi connectivity index (χ4v) is 1.85. The second-order valence-corrected chi connectivity index (χ2v) is 4.28. The Balaban J connectivity index is 2.12. The van der Waals surface area contributed by atoms with E-state index in [9.17, 15) is 18.3 Å². The third-order valence-corrected chi connectivity index (χ3v) is 2.94.